The number of nitrogens with zero attached hydrogens (tertiary/aromatic N) is 3. The SMILES string of the molecule is CC(Cc1ccc(C#N)cc1)(NC(=O)[C@H]1CCCN(CC(c2ccccc2)c2cccc(Cl)c2)C1)c1cnc[nH]1. The van der Waals surface area contributed by atoms with Crippen LogP contribution in [0, 0.1) is 17.2 Å². The zero-order valence-corrected chi connectivity index (χ0v) is 23.4. The minimum Gasteiger partial charge on any atom is -0.347 e. The smallest absolute Gasteiger partial charge is 0.225 e. The van der Waals surface area contributed by atoms with E-state index in [1.807, 2.05) is 55.5 Å². The standard InChI is InChI=1S/C33H34ClN5O/c1-33(31-20-36-23-37-31,18-24-12-14-25(19-35)15-13-24)38-32(40)28-10-6-16-39(21-28)22-30(26-7-3-2-4-8-26)27-9-5-11-29(34)17-27/h2-5,7-9,11-15,17,20,23,28,30H,6,10,16,18,21-22H2,1H3,(H,36,37)(H,38,40)/t28-,30?,33?/m0/s1. The van der Waals surface area contributed by atoms with Gasteiger partial charge in [-0.2, -0.15) is 5.26 Å². The van der Waals surface area contributed by atoms with E-state index in [1.54, 1.807) is 12.5 Å². The first-order valence-corrected chi connectivity index (χ1v) is 14.1. The van der Waals surface area contributed by atoms with Gasteiger partial charge in [0, 0.05) is 30.5 Å². The molecule has 1 fully saturated rings. The predicted molar refractivity (Wildman–Crippen MR) is 158 cm³/mol. The molecule has 1 aromatic heterocycles. The van der Waals surface area contributed by atoms with Gasteiger partial charge < -0.3 is 15.2 Å². The van der Waals surface area contributed by atoms with Crippen LogP contribution in [0.4, 0.5) is 0 Å². The van der Waals surface area contributed by atoms with E-state index in [0.29, 0.717) is 18.5 Å². The van der Waals surface area contributed by atoms with Crippen LogP contribution < -0.4 is 5.32 Å². The highest BCUT2D eigenvalue weighted by Crippen LogP contribution is 2.30. The van der Waals surface area contributed by atoms with Crippen molar-refractivity contribution < 1.29 is 4.79 Å². The second-order valence-corrected chi connectivity index (χ2v) is 11.3. The second kappa shape index (κ2) is 12.5. The second-order valence-electron chi connectivity index (χ2n) is 10.9. The third-order valence-electron chi connectivity index (χ3n) is 7.90. The highest BCUT2D eigenvalue weighted by atomic mass is 35.5. The summed E-state index contributed by atoms with van der Waals surface area (Å²) in [5, 5.41) is 13.3. The fourth-order valence-electron chi connectivity index (χ4n) is 5.75. The van der Waals surface area contributed by atoms with Crippen molar-refractivity contribution in [2.75, 3.05) is 19.6 Å². The molecule has 2 heterocycles. The zero-order valence-electron chi connectivity index (χ0n) is 22.7. The molecule has 7 heteroatoms. The molecule has 0 bridgehead atoms. The number of nitriles is 1. The van der Waals surface area contributed by atoms with Crippen molar-refractivity contribution in [3.63, 3.8) is 0 Å². The molecule has 0 spiro atoms. The number of halogens is 1. The number of H-pyrrole nitrogens is 1. The van der Waals surface area contributed by atoms with Gasteiger partial charge in [-0.25, -0.2) is 4.98 Å². The number of amides is 1. The summed E-state index contributed by atoms with van der Waals surface area (Å²) < 4.78 is 0. The first-order chi connectivity index (χ1) is 19.4. The van der Waals surface area contributed by atoms with Crippen molar-refractivity contribution in [2.45, 2.75) is 37.6 Å². The number of benzene rings is 3. The molecule has 2 unspecified atom stereocenters. The molecule has 204 valence electrons. The van der Waals surface area contributed by atoms with E-state index in [9.17, 15) is 4.79 Å². The number of piperidine rings is 1. The lowest BCUT2D eigenvalue weighted by Gasteiger charge is -2.37. The Morgan fingerprint density at radius 1 is 1.15 bits per heavy atom. The van der Waals surface area contributed by atoms with Crippen LogP contribution in [0.5, 0.6) is 0 Å². The molecule has 1 amide bonds. The highest BCUT2D eigenvalue weighted by Gasteiger charge is 2.35. The van der Waals surface area contributed by atoms with Gasteiger partial charge in [-0.1, -0.05) is 66.2 Å². The maximum atomic E-state index is 13.8. The zero-order chi connectivity index (χ0) is 28.0. The molecule has 0 aliphatic carbocycles. The molecule has 0 saturated carbocycles. The lowest BCUT2D eigenvalue weighted by molar-refractivity contribution is -0.128. The lowest BCUT2D eigenvalue weighted by Crippen LogP contribution is -2.51. The van der Waals surface area contributed by atoms with E-state index in [0.717, 1.165) is 42.2 Å². The maximum Gasteiger partial charge on any atom is 0.225 e. The van der Waals surface area contributed by atoms with Gasteiger partial charge in [-0.3, -0.25) is 4.79 Å². The van der Waals surface area contributed by atoms with Crippen LogP contribution in [0.25, 0.3) is 0 Å². The molecule has 1 aliphatic heterocycles. The molecular formula is C33H34ClN5O. The number of imidazole rings is 1. The van der Waals surface area contributed by atoms with Gasteiger partial charge in [0.25, 0.3) is 0 Å². The molecule has 4 aromatic rings. The summed E-state index contributed by atoms with van der Waals surface area (Å²) in [7, 11) is 0. The van der Waals surface area contributed by atoms with Gasteiger partial charge in [0.2, 0.25) is 5.91 Å². The Kier molecular flexibility index (Phi) is 8.64. The summed E-state index contributed by atoms with van der Waals surface area (Å²) in [5.74, 6) is 0.0931. The largest absolute Gasteiger partial charge is 0.347 e. The third-order valence-corrected chi connectivity index (χ3v) is 8.14. The number of hydrogen-bond donors (Lipinski definition) is 2. The van der Waals surface area contributed by atoms with Crippen LogP contribution in [-0.4, -0.2) is 40.4 Å². The third kappa shape index (κ3) is 6.62. The van der Waals surface area contributed by atoms with Crippen LogP contribution in [0.2, 0.25) is 5.02 Å². The predicted octanol–water partition coefficient (Wildman–Crippen LogP) is 6.05. The minimum atomic E-state index is -0.669. The molecule has 3 atom stereocenters. The fraction of sp³-hybridized carbons (Fsp3) is 0.303. The van der Waals surface area contributed by atoms with E-state index < -0.39 is 5.54 Å². The van der Waals surface area contributed by atoms with Gasteiger partial charge in [0.1, 0.15) is 0 Å². The molecule has 3 aromatic carbocycles. The van der Waals surface area contributed by atoms with Gasteiger partial charge in [0.05, 0.1) is 41.3 Å². The fourth-order valence-corrected chi connectivity index (χ4v) is 5.95. The van der Waals surface area contributed by atoms with Crippen molar-refractivity contribution in [2.24, 2.45) is 5.92 Å². The Morgan fingerprint density at radius 3 is 2.62 bits per heavy atom. The molecule has 40 heavy (non-hydrogen) atoms. The number of likely N-dealkylation sites (tertiary alicyclic amines) is 1. The van der Waals surface area contributed by atoms with Crippen LogP contribution in [0.15, 0.2) is 91.4 Å². The first-order valence-electron chi connectivity index (χ1n) is 13.8. The van der Waals surface area contributed by atoms with Gasteiger partial charge >= 0.3 is 0 Å². The molecule has 1 aliphatic rings. The molecule has 1 saturated heterocycles. The number of nitrogens with one attached hydrogen (secondary N) is 2. The van der Waals surface area contributed by atoms with Crippen molar-refractivity contribution in [3.05, 3.63) is 124 Å². The average Bonchev–Trinajstić information content (AvgIpc) is 3.53. The first kappa shape index (κ1) is 27.6. The summed E-state index contributed by atoms with van der Waals surface area (Å²) in [5.41, 5.74) is 4.25. The molecule has 6 nitrogen and oxygen atoms in total. The van der Waals surface area contributed by atoms with Gasteiger partial charge in [-0.05, 0) is 67.3 Å². The molecule has 2 N–H and O–H groups in total. The van der Waals surface area contributed by atoms with Crippen molar-refractivity contribution in [1.82, 2.24) is 20.2 Å². The molecule has 5 rings (SSSR count). The summed E-state index contributed by atoms with van der Waals surface area (Å²) in [6, 6.07) is 28.3. The highest BCUT2D eigenvalue weighted by molar-refractivity contribution is 6.30. The Morgan fingerprint density at radius 2 is 1.93 bits per heavy atom. The Balaban J connectivity index is 1.32. The van der Waals surface area contributed by atoms with E-state index >= 15 is 0 Å². The van der Waals surface area contributed by atoms with Crippen LogP contribution in [0.1, 0.15) is 53.6 Å². The number of aromatic amines is 1. The summed E-state index contributed by atoms with van der Waals surface area (Å²) in [6.07, 6.45) is 5.80. The lowest BCUT2D eigenvalue weighted by atomic mass is 9.87. The minimum absolute atomic E-state index is 0.0504. The number of rotatable bonds is 9. The Labute approximate surface area is 241 Å². The molecule has 0 radical (unpaired) electrons. The van der Waals surface area contributed by atoms with Gasteiger partial charge in [0.15, 0.2) is 0 Å². The molecular weight excluding hydrogens is 518 g/mol. The Bertz CT molecular complexity index is 1450. The summed E-state index contributed by atoms with van der Waals surface area (Å²) >= 11 is 6.37. The quantitative estimate of drug-likeness (QED) is 0.265. The van der Waals surface area contributed by atoms with Crippen LogP contribution in [-0.2, 0) is 16.8 Å². The monoisotopic (exact) mass is 551 g/mol. The normalized spacial score (nSPS) is 17.9. The maximum absolute atomic E-state index is 13.8. The van der Waals surface area contributed by atoms with E-state index in [2.05, 4.69) is 56.6 Å². The van der Waals surface area contributed by atoms with Gasteiger partial charge in [-0.15, -0.1) is 0 Å². The van der Waals surface area contributed by atoms with Crippen molar-refractivity contribution in [3.8, 4) is 6.07 Å². The number of hydrogen-bond acceptors (Lipinski definition) is 4. The average molecular weight is 552 g/mol. The van der Waals surface area contributed by atoms with E-state index in [1.165, 1.54) is 11.1 Å². The topological polar surface area (TPSA) is 84.8 Å². The number of carbonyl (C=O) groups is 1. The summed E-state index contributed by atoms with van der Waals surface area (Å²) in [4.78, 5) is 23.6. The number of carbonyl (C=O) groups excluding carboxylic acids is 1. The number of aromatic nitrogens is 2. The van der Waals surface area contributed by atoms with E-state index in [-0.39, 0.29) is 17.7 Å². The van der Waals surface area contributed by atoms with Crippen LogP contribution >= 0.6 is 11.6 Å². The van der Waals surface area contributed by atoms with Crippen LogP contribution in [0.3, 0.4) is 0 Å². The van der Waals surface area contributed by atoms with Crippen molar-refractivity contribution in [1.29, 1.82) is 5.26 Å². The van der Waals surface area contributed by atoms with E-state index in [4.69, 9.17) is 16.9 Å². The summed E-state index contributed by atoms with van der Waals surface area (Å²) in [6.45, 7) is 4.50. The van der Waals surface area contributed by atoms with Crippen molar-refractivity contribution >= 4 is 17.5 Å². The Hall–Kier alpha value is -3.92.